The SMILES string of the molecule is C=CC=CC/C(C)=C(\C)N(C)c1ccccc1CC. The Morgan fingerprint density at radius 3 is 2.58 bits per heavy atom. The zero-order valence-electron chi connectivity index (χ0n) is 12.6. The molecule has 0 heterocycles. The van der Waals surface area contributed by atoms with Crippen molar-refractivity contribution in [2.45, 2.75) is 33.6 Å². The third-order valence-corrected chi connectivity index (χ3v) is 3.55. The van der Waals surface area contributed by atoms with E-state index in [1.807, 2.05) is 12.2 Å². The van der Waals surface area contributed by atoms with E-state index in [-0.39, 0.29) is 0 Å². The van der Waals surface area contributed by atoms with Gasteiger partial charge >= 0.3 is 0 Å². The Hall–Kier alpha value is -1.76. The normalized spacial score (nSPS) is 12.4. The summed E-state index contributed by atoms with van der Waals surface area (Å²) in [6.45, 7) is 10.3. The molecular formula is C18H25N. The van der Waals surface area contributed by atoms with E-state index in [2.05, 4.69) is 69.6 Å². The minimum absolute atomic E-state index is 0.969. The van der Waals surface area contributed by atoms with Crippen LogP contribution in [0.3, 0.4) is 0 Å². The third-order valence-electron chi connectivity index (χ3n) is 3.55. The van der Waals surface area contributed by atoms with Crippen LogP contribution in [-0.4, -0.2) is 7.05 Å². The Bertz CT molecular complexity index is 480. The van der Waals surface area contributed by atoms with Gasteiger partial charge in [0.25, 0.3) is 0 Å². The highest BCUT2D eigenvalue weighted by atomic mass is 15.1. The van der Waals surface area contributed by atoms with Gasteiger partial charge in [-0.2, -0.15) is 0 Å². The molecular weight excluding hydrogens is 230 g/mol. The molecule has 19 heavy (non-hydrogen) atoms. The lowest BCUT2D eigenvalue weighted by Crippen LogP contribution is -2.17. The minimum atomic E-state index is 0.969. The first kappa shape index (κ1) is 15.3. The number of anilines is 1. The lowest BCUT2D eigenvalue weighted by Gasteiger charge is -2.24. The molecule has 0 atom stereocenters. The second kappa shape index (κ2) is 7.63. The fraction of sp³-hybridized carbons (Fsp3) is 0.333. The summed E-state index contributed by atoms with van der Waals surface area (Å²) in [4.78, 5) is 2.29. The van der Waals surface area contributed by atoms with Crippen molar-refractivity contribution in [3.05, 3.63) is 65.9 Å². The van der Waals surface area contributed by atoms with Gasteiger partial charge in [0, 0.05) is 18.4 Å². The van der Waals surface area contributed by atoms with E-state index in [0.29, 0.717) is 0 Å². The van der Waals surface area contributed by atoms with E-state index in [1.165, 1.54) is 22.5 Å². The summed E-state index contributed by atoms with van der Waals surface area (Å²) in [6.07, 6.45) is 7.99. The van der Waals surface area contributed by atoms with Crippen LogP contribution in [0.25, 0.3) is 0 Å². The molecule has 1 nitrogen and oxygen atoms in total. The van der Waals surface area contributed by atoms with Crippen molar-refractivity contribution in [2.75, 3.05) is 11.9 Å². The monoisotopic (exact) mass is 255 g/mol. The van der Waals surface area contributed by atoms with Crippen LogP contribution in [-0.2, 0) is 6.42 Å². The van der Waals surface area contributed by atoms with Gasteiger partial charge in [0.1, 0.15) is 0 Å². The fourth-order valence-corrected chi connectivity index (χ4v) is 2.09. The molecule has 0 unspecified atom stereocenters. The summed E-state index contributed by atoms with van der Waals surface area (Å²) in [5.41, 5.74) is 5.38. The van der Waals surface area contributed by atoms with E-state index in [9.17, 15) is 0 Å². The molecule has 0 fully saturated rings. The lowest BCUT2D eigenvalue weighted by molar-refractivity contribution is 0.996. The molecule has 0 saturated heterocycles. The van der Waals surface area contributed by atoms with Crippen LogP contribution >= 0.6 is 0 Å². The molecule has 0 amide bonds. The summed E-state index contributed by atoms with van der Waals surface area (Å²) in [6, 6.07) is 8.60. The molecule has 0 aliphatic rings. The zero-order valence-corrected chi connectivity index (χ0v) is 12.6. The number of hydrogen-bond acceptors (Lipinski definition) is 1. The maximum atomic E-state index is 3.69. The molecule has 0 N–H and O–H groups in total. The first-order chi connectivity index (χ1) is 9.11. The minimum Gasteiger partial charge on any atom is -0.348 e. The highest BCUT2D eigenvalue weighted by Crippen LogP contribution is 2.25. The first-order valence-corrected chi connectivity index (χ1v) is 6.87. The molecule has 0 spiro atoms. The Balaban J connectivity index is 2.97. The summed E-state index contributed by atoms with van der Waals surface area (Å²) in [5, 5.41) is 0. The van der Waals surface area contributed by atoms with Crippen LogP contribution in [0.15, 0.2) is 60.3 Å². The molecule has 0 aliphatic heterocycles. The van der Waals surface area contributed by atoms with Crippen LogP contribution in [0.4, 0.5) is 5.69 Å². The molecule has 0 radical (unpaired) electrons. The molecule has 1 rings (SSSR count). The quantitative estimate of drug-likeness (QED) is 0.638. The Morgan fingerprint density at radius 2 is 1.95 bits per heavy atom. The van der Waals surface area contributed by atoms with Crippen LogP contribution in [0.1, 0.15) is 32.8 Å². The van der Waals surface area contributed by atoms with Gasteiger partial charge < -0.3 is 4.90 Å². The molecule has 0 aliphatic carbocycles. The van der Waals surface area contributed by atoms with E-state index in [0.717, 1.165) is 12.8 Å². The number of nitrogens with zero attached hydrogens (tertiary/aromatic N) is 1. The van der Waals surface area contributed by atoms with Gasteiger partial charge in [0.05, 0.1) is 0 Å². The Labute approximate surface area is 118 Å². The standard InChI is InChI=1S/C18H25N/c1-6-8-9-12-15(3)16(4)19(5)18-14-11-10-13-17(18)7-2/h6,8-11,13-14H,1,7,12H2,2-5H3/b9-8?,16-15+. The molecule has 0 saturated carbocycles. The zero-order chi connectivity index (χ0) is 14.3. The Kier molecular flexibility index (Phi) is 6.14. The number of allylic oxidation sites excluding steroid dienone is 5. The number of benzene rings is 1. The van der Waals surface area contributed by atoms with Gasteiger partial charge in [-0.05, 0) is 38.3 Å². The third kappa shape index (κ3) is 4.13. The maximum Gasteiger partial charge on any atom is 0.0437 e. The van der Waals surface area contributed by atoms with Crippen LogP contribution in [0.5, 0.6) is 0 Å². The predicted molar refractivity (Wildman–Crippen MR) is 86.6 cm³/mol. The molecule has 0 aromatic heterocycles. The molecule has 1 aromatic rings. The second-order valence-electron chi connectivity index (χ2n) is 4.78. The van der Waals surface area contributed by atoms with E-state index >= 15 is 0 Å². The smallest absolute Gasteiger partial charge is 0.0437 e. The van der Waals surface area contributed by atoms with Gasteiger partial charge in [-0.15, -0.1) is 0 Å². The number of para-hydroxylation sites is 1. The number of hydrogen-bond donors (Lipinski definition) is 0. The highest BCUT2D eigenvalue weighted by molar-refractivity contribution is 5.57. The van der Waals surface area contributed by atoms with Crippen LogP contribution in [0, 0.1) is 0 Å². The molecule has 1 heteroatoms. The number of rotatable bonds is 6. The largest absolute Gasteiger partial charge is 0.348 e. The average molecular weight is 255 g/mol. The summed E-state index contributed by atoms with van der Waals surface area (Å²) in [5.74, 6) is 0. The van der Waals surface area contributed by atoms with Crippen molar-refractivity contribution in [3.8, 4) is 0 Å². The fourth-order valence-electron chi connectivity index (χ4n) is 2.09. The summed E-state index contributed by atoms with van der Waals surface area (Å²) in [7, 11) is 2.14. The summed E-state index contributed by atoms with van der Waals surface area (Å²) < 4.78 is 0. The van der Waals surface area contributed by atoms with Gasteiger partial charge in [-0.1, -0.05) is 55.5 Å². The maximum absolute atomic E-state index is 3.69. The topological polar surface area (TPSA) is 3.24 Å². The van der Waals surface area contributed by atoms with Crippen molar-refractivity contribution in [1.82, 2.24) is 0 Å². The molecule has 1 aromatic carbocycles. The van der Waals surface area contributed by atoms with Crippen molar-refractivity contribution in [1.29, 1.82) is 0 Å². The van der Waals surface area contributed by atoms with E-state index in [4.69, 9.17) is 0 Å². The molecule has 0 bridgehead atoms. The summed E-state index contributed by atoms with van der Waals surface area (Å²) >= 11 is 0. The van der Waals surface area contributed by atoms with Crippen LogP contribution in [0.2, 0.25) is 0 Å². The molecule has 102 valence electrons. The van der Waals surface area contributed by atoms with Gasteiger partial charge in [-0.3, -0.25) is 0 Å². The van der Waals surface area contributed by atoms with Gasteiger partial charge in [-0.25, -0.2) is 0 Å². The second-order valence-corrected chi connectivity index (χ2v) is 4.78. The van der Waals surface area contributed by atoms with E-state index in [1.54, 1.807) is 0 Å². The van der Waals surface area contributed by atoms with Crippen molar-refractivity contribution < 1.29 is 0 Å². The van der Waals surface area contributed by atoms with Crippen LogP contribution < -0.4 is 4.90 Å². The van der Waals surface area contributed by atoms with Gasteiger partial charge in [0.15, 0.2) is 0 Å². The first-order valence-electron chi connectivity index (χ1n) is 6.87. The van der Waals surface area contributed by atoms with Crippen molar-refractivity contribution in [3.63, 3.8) is 0 Å². The van der Waals surface area contributed by atoms with E-state index < -0.39 is 0 Å². The number of aryl methyl sites for hydroxylation is 1. The lowest BCUT2D eigenvalue weighted by atomic mass is 10.1. The Morgan fingerprint density at radius 1 is 1.26 bits per heavy atom. The van der Waals surface area contributed by atoms with Gasteiger partial charge in [0.2, 0.25) is 0 Å². The highest BCUT2D eigenvalue weighted by Gasteiger charge is 2.08. The van der Waals surface area contributed by atoms with Crippen molar-refractivity contribution >= 4 is 5.69 Å². The van der Waals surface area contributed by atoms with Crippen molar-refractivity contribution in [2.24, 2.45) is 0 Å². The predicted octanol–water partition coefficient (Wildman–Crippen LogP) is 5.11. The average Bonchev–Trinajstić information content (AvgIpc) is 2.45.